The number of halogens is 1. The molecular formula is C17H17BrN2O3. The molecule has 0 unspecified atom stereocenters. The van der Waals surface area contributed by atoms with Crippen LogP contribution in [0.1, 0.15) is 15.9 Å². The lowest BCUT2D eigenvalue weighted by Gasteiger charge is -2.10. The van der Waals surface area contributed by atoms with E-state index in [0.29, 0.717) is 11.3 Å². The van der Waals surface area contributed by atoms with E-state index in [4.69, 9.17) is 0 Å². The van der Waals surface area contributed by atoms with Gasteiger partial charge in [-0.2, -0.15) is 0 Å². The van der Waals surface area contributed by atoms with Crippen molar-refractivity contribution in [3.8, 4) is 0 Å². The molecule has 0 atom stereocenters. The molecule has 0 radical (unpaired) electrons. The maximum absolute atomic E-state index is 12.0. The second-order valence-electron chi connectivity index (χ2n) is 4.93. The lowest BCUT2D eigenvalue weighted by Crippen LogP contribution is -2.22. The Kier molecular flexibility index (Phi) is 5.76. The van der Waals surface area contributed by atoms with Crippen molar-refractivity contribution in [1.29, 1.82) is 0 Å². The summed E-state index contributed by atoms with van der Waals surface area (Å²) < 4.78 is 5.63. The molecule has 0 saturated carbocycles. The number of ether oxygens (including phenoxy) is 1. The van der Waals surface area contributed by atoms with Crippen LogP contribution < -0.4 is 10.6 Å². The van der Waals surface area contributed by atoms with Gasteiger partial charge in [0.2, 0.25) is 5.91 Å². The van der Waals surface area contributed by atoms with Crippen LogP contribution in [-0.4, -0.2) is 25.5 Å². The zero-order valence-electron chi connectivity index (χ0n) is 12.9. The number of hydrogen-bond donors (Lipinski definition) is 2. The van der Waals surface area contributed by atoms with Crippen LogP contribution in [0.25, 0.3) is 0 Å². The van der Waals surface area contributed by atoms with Gasteiger partial charge in [-0.25, -0.2) is 4.79 Å². The maximum atomic E-state index is 12.0. The summed E-state index contributed by atoms with van der Waals surface area (Å²) in [7, 11) is 1.33. The summed E-state index contributed by atoms with van der Waals surface area (Å²) in [6.07, 6.45) is 0. The summed E-state index contributed by atoms with van der Waals surface area (Å²) in [6.45, 7) is 2.02. The fraction of sp³-hybridized carbons (Fsp3) is 0.176. The molecule has 23 heavy (non-hydrogen) atoms. The predicted molar refractivity (Wildman–Crippen MR) is 93.8 cm³/mol. The largest absolute Gasteiger partial charge is 0.465 e. The quantitative estimate of drug-likeness (QED) is 0.782. The van der Waals surface area contributed by atoms with Crippen molar-refractivity contribution >= 4 is 39.2 Å². The minimum atomic E-state index is -0.413. The lowest BCUT2D eigenvalue weighted by molar-refractivity contribution is -0.114. The molecule has 0 spiro atoms. The van der Waals surface area contributed by atoms with Crippen molar-refractivity contribution in [1.82, 2.24) is 0 Å². The van der Waals surface area contributed by atoms with Gasteiger partial charge in [-0.3, -0.25) is 4.79 Å². The number of aryl methyl sites for hydroxylation is 1. The second kappa shape index (κ2) is 7.78. The number of carbonyl (C=O) groups excluding carboxylic acids is 2. The van der Waals surface area contributed by atoms with Gasteiger partial charge in [-0.05, 0) is 48.9 Å². The molecule has 2 rings (SSSR count). The fourth-order valence-corrected chi connectivity index (χ4v) is 2.49. The average Bonchev–Trinajstić information content (AvgIpc) is 2.55. The third-order valence-electron chi connectivity index (χ3n) is 3.20. The normalized spacial score (nSPS) is 10.0. The van der Waals surface area contributed by atoms with Crippen LogP contribution in [0.4, 0.5) is 11.4 Å². The number of anilines is 2. The highest BCUT2D eigenvalue weighted by Gasteiger charge is 2.08. The lowest BCUT2D eigenvalue weighted by atomic mass is 10.2. The second-order valence-corrected chi connectivity index (χ2v) is 5.85. The van der Waals surface area contributed by atoms with Gasteiger partial charge >= 0.3 is 5.97 Å². The van der Waals surface area contributed by atoms with Crippen LogP contribution in [0, 0.1) is 6.92 Å². The smallest absolute Gasteiger partial charge is 0.337 e. The number of carbonyl (C=O) groups is 2. The number of amides is 1. The van der Waals surface area contributed by atoms with Crippen molar-refractivity contribution in [3.05, 3.63) is 58.1 Å². The molecule has 0 aliphatic carbocycles. The highest BCUT2D eigenvalue weighted by Crippen LogP contribution is 2.20. The molecule has 0 heterocycles. The molecule has 0 saturated heterocycles. The van der Waals surface area contributed by atoms with E-state index in [-0.39, 0.29) is 12.5 Å². The number of methoxy groups -OCH3 is 1. The SMILES string of the molecule is COC(=O)c1cccc(NCC(=O)Nc2ccc(Br)cc2C)c1. The zero-order chi connectivity index (χ0) is 16.8. The van der Waals surface area contributed by atoms with Crippen LogP contribution in [0.5, 0.6) is 0 Å². The van der Waals surface area contributed by atoms with E-state index < -0.39 is 5.97 Å². The minimum Gasteiger partial charge on any atom is -0.465 e. The molecule has 1 amide bonds. The zero-order valence-corrected chi connectivity index (χ0v) is 14.4. The van der Waals surface area contributed by atoms with Crippen molar-refractivity contribution in [2.24, 2.45) is 0 Å². The third kappa shape index (κ3) is 4.82. The molecule has 0 aromatic heterocycles. The molecule has 2 aromatic rings. The number of benzene rings is 2. The summed E-state index contributed by atoms with van der Waals surface area (Å²) in [5.41, 5.74) is 2.85. The van der Waals surface area contributed by atoms with Crippen LogP contribution in [0.2, 0.25) is 0 Å². The van der Waals surface area contributed by atoms with Gasteiger partial charge in [0, 0.05) is 15.8 Å². The molecule has 6 heteroatoms. The molecule has 2 aromatic carbocycles. The van der Waals surface area contributed by atoms with Gasteiger partial charge in [0.15, 0.2) is 0 Å². The van der Waals surface area contributed by atoms with Crippen molar-refractivity contribution < 1.29 is 14.3 Å². The average molecular weight is 377 g/mol. The Morgan fingerprint density at radius 3 is 2.65 bits per heavy atom. The Hall–Kier alpha value is -2.34. The van der Waals surface area contributed by atoms with Crippen LogP contribution >= 0.6 is 15.9 Å². The first kappa shape index (κ1) is 17.0. The van der Waals surface area contributed by atoms with Gasteiger partial charge in [0.1, 0.15) is 0 Å². The van der Waals surface area contributed by atoms with Gasteiger partial charge in [-0.1, -0.05) is 22.0 Å². The molecule has 0 aliphatic heterocycles. The third-order valence-corrected chi connectivity index (χ3v) is 3.69. The number of rotatable bonds is 5. The van der Waals surface area contributed by atoms with Gasteiger partial charge in [0.25, 0.3) is 0 Å². The molecule has 0 bridgehead atoms. The van der Waals surface area contributed by atoms with Crippen molar-refractivity contribution in [2.45, 2.75) is 6.92 Å². The van der Waals surface area contributed by atoms with E-state index in [1.54, 1.807) is 24.3 Å². The van der Waals surface area contributed by atoms with Crippen molar-refractivity contribution in [2.75, 3.05) is 24.3 Å². The first-order chi connectivity index (χ1) is 11.0. The molecule has 2 N–H and O–H groups in total. The molecule has 0 fully saturated rings. The van der Waals surface area contributed by atoms with E-state index in [0.717, 1.165) is 15.7 Å². The van der Waals surface area contributed by atoms with E-state index in [1.165, 1.54) is 7.11 Å². The van der Waals surface area contributed by atoms with E-state index >= 15 is 0 Å². The van der Waals surface area contributed by atoms with E-state index in [1.807, 2.05) is 25.1 Å². The molecule has 5 nitrogen and oxygen atoms in total. The summed E-state index contributed by atoms with van der Waals surface area (Å²) in [5, 5.41) is 5.83. The molecular weight excluding hydrogens is 360 g/mol. The number of hydrogen-bond acceptors (Lipinski definition) is 4. The van der Waals surface area contributed by atoms with Gasteiger partial charge in [0.05, 0.1) is 19.2 Å². The van der Waals surface area contributed by atoms with Crippen LogP contribution in [0.15, 0.2) is 46.9 Å². The monoisotopic (exact) mass is 376 g/mol. The summed E-state index contributed by atoms with van der Waals surface area (Å²) in [5.74, 6) is -0.581. The Balaban J connectivity index is 1.95. The van der Waals surface area contributed by atoms with Crippen molar-refractivity contribution in [3.63, 3.8) is 0 Å². The van der Waals surface area contributed by atoms with Gasteiger partial charge < -0.3 is 15.4 Å². The number of esters is 1. The summed E-state index contributed by atoms with van der Waals surface area (Å²) in [6, 6.07) is 12.5. The highest BCUT2D eigenvalue weighted by molar-refractivity contribution is 9.10. The topological polar surface area (TPSA) is 67.4 Å². The van der Waals surface area contributed by atoms with Crippen LogP contribution in [-0.2, 0) is 9.53 Å². The van der Waals surface area contributed by atoms with Gasteiger partial charge in [-0.15, -0.1) is 0 Å². The first-order valence-corrected chi connectivity index (χ1v) is 7.77. The van der Waals surface area contributed by atoms with E-state index in [9.17, 15) is 9.59 Å². The van der Waals surface area contributed by atoms with Crippen LogP contribution in [0.3, 0.4) is 0 Å². The first-order valence-electron chi connectivity index (χ1n) is 6.98. The highest BCUT2D eigenvalue weighted by atomic mass is 79.9. The molecule has 0 aliphatic rings. The Morgan fingerprint density at radius 1 is 1.17 bits per heavy atom. The molecule has 120 valence electrons. The number of nitrogens with one attached hydrogen (secondary N) is 2. The predicted octanol–water partition coefficient (Wildman–Crippen LogP) is 3.59. The Labute approximate surface area is 143 Å². The summed E-state index contributed by atoms with van der Waals surface area (Å²) in [4.78, 5) is 23.5. The Morgan fingerprint density at radius 2 is 1.96 bits per heavy atom. The minimum absolute atomic E-state index is 0.0974. The fourth-order valence-electron chi connectivity index (χ4n) is 2.02. The van der Waals surface area contributed by atoms with E-state index in [2.05, 4.69) is 31.3 Å². The summed E-state index contributed by atoms with van der Waals surface area (Å²) >= 11 is 3.39. The standard InChI is InChI=1S/C17H17BrN2O3/c1-11-8-13(18)6-7-15(11)20-16(21)10-19-14-5-3-4-12(9-14)17(22)23-2/h3-9,19H,10H2,1-2H3,(H,20,21). The maximum Gasteiger partial charge on any atom is 0.337 e. The Bertz CT molecular complexity index is 732.